The Morgan fingerprint density at radius 2 is 2.05 bits per heavy atom. The molecule has 2 amide bonds. The lowest BCUT2D eigenvalue weighted by molar-refractivity contribution is -0.137. The normalized spacial score (nSPS) is 19.0. The molecule has 21 heavy (non-hydrogen) atoms. The number of carbonyl (C=O) groups is 2. The molecule has 0 saturated carbocycles. The predicted molar refractivity (Wildman–Crippen MR) is 77.4 cm³/mol. The lowest BCUT2D eigenvalue weighted by atomic mass is 10.0. The number of rotatable bonds is 7. The van der Waals surface area contributed by atoms with Crippen LogP contribution >= 0.6 is 0 Å². The van der Waals surface area contributed by atoms with Crippen molar-refractivity contribution in [3.63, 3.8) is 0 Å². The zero-order chi connectivity index (χ0) is 16.0. The summed E-state index contributed by atoms with van der Waals surface area (Å²) in [6.07, 6.45) is 1.46. The lowest BCUT2D eigenvalue weighted by Crippen LogP contribution is -2.41. The second kappa shape index (κ2) is 7.60. The molecule has 1 aliphatic rings. The first-order valence-electron chi connectivity index (χ1n) is 6.87. The van der Waals surface area contributed by atoms with Gasteiger partial charge in [-0.15, -0.1) is 0 Å². The Hall–Kier alpha value is -1.35. The molecule has 1 atom stereocenters. The van der Waals surface area contributed by atoms with Crippen molar-refractivity contribution in [1.82, 2.24) is 14.5 Å². The van der Waals surface area contributed by atoms with Crippen molar-refractivity contribution in [1.29, 1.82) is 0 Å². The highest BCUT2D eigenvalue weighted by molar-refractivity contribution is 7.89. The minimum atomic E-state index is -3.31. The number of sulfonamides is 1. The summed E-state index contributed by atoms with van der Waals surface area (Å²) in [7, 11) is -0.413. The molecule has 1 rings (SSSR count). The van der Waals surface area contributed by atoms with Gasteiger partial charge in [-0.25, -0.2) is 17.5 Å². The monoisotopic (exact) mass is 321 g/mol. The summed E-state index contributed by atoms with van der Waals surface area (Å²) in [4.78, 5) is 24.0. The molecule has 1 aliphatic heterocycles. The Labute approximate surface area is 125 Å². The molecule has 1 unspecified atom stereocenters. The van der Waals surface area contributed by atoms with Gasteiger partial charge in [0.15, 0.2) is 0 Å². The predicted octanol–water partition coefficient (Wildman–Crippen LogP) is -0.226. The number of aliphatic carboxylic acids is 1. The Morgan fingerprint density at radius 3 is 2.62 bits per heavy atom. The molecule has 0 spiro atoms. The van der Waals surface area contributed by atoms with Crippen LogP contribution in [0.5, 0.6) is 0 Å². The van der Waals surface area contributed by atoms with Gasteiger partial charge in [-0.3, -0.25) is 4.79 Å². The molecule has 0 radical (unpaired) electrons. The van der Waals surface area contributed by atoms with Gasteiger partial charge in [-0.05, 0) is 18.8 Å². The molecule has 0 aromatic heterocycles. The van der Waals surface area contributed by atoms with E-state index in [1.165, 1.54) is 14.1 Å². The fourth-order valence-corrected chi connectivity index (χ4v) is 2.89. The molecule has 8 nitrogen and oxygen atoms in total. The van der Waals surface area contributed by atoms with Crippen LogP contribution in [0.25, 0.3) is 0 Å². The Kier molecular flexibility index (Phi) is 6.41. The summed E-state index contributed by atoms with van der Waals surface area (Å²) >= 11 is 0. The fourth-order valence-electron chi connectivity index (χ4n) is 2.16. The number of amides is 2. The summed E-state index contributed by atoms with van der Waals surface area (Å²) in [5.74, 6) is -0.758. The third kappa shape index (κ3) is 5.88. The van der Waals surface area contributed by atoms with Gasteiger partial charge in [-0.1, -0.05) is 0 Å². The van der Waals surface area contributed by atoms with E-state index in [1.807, 2.05) is 0 Å². The van der Waals surface area contributed by atoms with E-state index >= 15 is 0 Å². The fraction of sp³-hybridized carbons (Fsp3) is 0.833. The largest absolute Gasteiger partial charge is 0.481 e. The van der Waals surface area contributed by atoms with Gasteiger partial charge in [0.1, 0.15) is 0 Å². The van der Waals surface area contributed by atoms with Crippen LogP contribution in [0, 0.1) is 5.92 Å². The van der Waals surface area contributed by atoms with Gasteiger partial charge < -0.3 is 15.3 Å². The van der Waals surface area contributed by atoms with Gasteiger partial charge in [0.25, 0.3) is 0 Å². The zero-order valence-corrected chi connectivity index (χ0v) is 13.2. The van der Waals surface area contributed by atoms with Crippen LogP contribution in [-0.4, -0.2) is 74.2 Å². The van der Waals surface area contributed by atoms with E-state index in [1.54, 1.807) is 4.90 Å². The summed E-state index contributed by atoms with van der Waals surface area (Å²) in [6, 6.07) is -0.290. The minimum absolute atomic E-state index is 0.0651. The van der Waals surface area contributed by atoms with Crippen LogP contribution in [0.15, 0.2) is 0 Å². The van der Waals surface area contributed by atoms with Crippen molar-refractivity contribution in [3.05, 3.63) is 0 Å². The molecular formula is C12H23N3O5S. The van der Waals surface area contributed by atoms with Gasteiger partial charge in [0.2, 0.25) is 10.0 Å². The van der Waals surface area contributed by atoms with Crippen LogP contribution in [0.2, 0.25) is 0 Å². The number of carboxylic acids is 1. The smallest absolute Gasteiger partial charge is 0.317 e. The van der Waals surface area contributed by atoms with E-state index < -0.39 is 16.0 Å². The van der Waals surface area contributed by atoms with Gasteiger partial charge >= 0.3 is 12.0 Å². The summed E-state index contributed by atoms with van der Waals surface area (Å²) in [5, 5.41) is 11.2. The van der Waals surface area contributed by atoms with E-state index in [9.17, 15) is 18.0 Å². The maximum absolute atomic E-state index is 11.9. The topological polar surface area (TPSA) is 107 Å². The molecule has 9 heteroatoms. The van der Waals surface area contributed by atoms with Crippen LogP contribution < -0.4 is 5.32 Å². The van der Waals surface area contributed by atoms with E-state index in [4.69, 9.17) is 5.11 Å². The molecule has 1 fully saturated rings. The summed E-state index contributed by atoms with van der Waals surface area (Å²) in [6.45, 7) is 1.17. The second-order valence-electron chi connectivity index (χ2n) is 5.36. The van der Waals surface area contributed by atoms with Crippen molar-refractivity contribution >= 4 is 22.0 Å². The van der Waals surface area contributed by atoms with Crippen molar-refractivity contribution in [2.24, 2.45) is 5.92 Å². The number of urea groups is 1. The standard InChI is InChI=1S/C12H23N3O5S/c1-14(2)21(19,20)8-6-13-12(18)15-7-5-10(9-15)3-4-11(16)17/h10H,3-9H2,1-2H3,(H,13,18)(H,16,17). The van der Waals surface area contributed by atoms with Crippen molar-refractivity contribution in [2.45, 2.75) is 19.3 Å². The molecule has 1 saturated heterocycles. The van der Waals surface area contributed by atoms with Crippen LogP contribution in [-0.2, 0) is 14.8 Å². The molecule has 0 bridgehead atoms. The summed E-state index contributed by atoms with van der Waals surface area (Å²) in [5.41, 5.74) is 0. The molecular weight excluding hydrogens is 298 g/mol. The van der Waals surface area contributed by atoms with Gasteiger partial charge in [0, 0.05) is 40.2 Å². The third-order valence-electron chi connectivity index (χ3n) is 3.53. The maximum Gasteiger partial charge on any atom is 0.317 e. The van der Waals surface area contributed by atoms with Crippen molar-refractivity contribution in [2.75, 3.05) is 39.5 Å². The Balaban J connectivity index is 2.29. The first-order chi connectivity index (χ1) is 9.72. The SMILES string of the molecule is CN(C)S(=O)(=O)CCNC(=O)N1CCC(CCC(=O)O)C1. The van der Waals surface area contributed by atoms with E-state index in [2.05, 4.69) is 5.32 Å². The number of carboxylic acid groups (broad SMARTS) is 1. The third-order valence-corrected chi connectivity index (χ3v) is 5.36. The molecule has 0 aromatic carbocycles. The molecule has 2 N–H and O–H groups in total. The van der Waals surface area contributed by atoms with Crippen LogP contribution in [0.3, 0.4) is 0 Å². The number of nitrogens with one attached hydrogen (secondary N) is 1. The average Bonchev–Trinajstić information content (AvgIpc) is 2.84. The number of hydrogen-bond acceptors (Lipinski definition) is 4. The molecule has 122 valence electrons. The quantitative estimate of drug-likeness (QED) is 0.674. The number of hydrogen-bond donors (Lipinski definition) is 2. The zero-order valence-electron chi connectivity index (χ0n) is 12.4. The maximum atomic E-state index is 11.9. The molecule has 1 heterocycles. The lowest BCUT2D eigenvalue weighted by Gasteiger charge is -2.18. The first kappa shape index (κ1) is 17.7. The number of carbonyl (C=O) groups excluding carboxylic acids is 1. The number of nitrogens with zero attached hydrogens (tertiary/aromatic N) is 2. The van der Waals surface area contributed by atoms with Crippen molar-refractivity contribution < 1.29 is 23.1 Å². The number of likely N-dealkylation sites (tertiary alicyclic amines) is 1. The Morgan fingerprint density at radius 1 is 1.38 bits per heavy atom. The highest BCUT2D eigenvalue weighted by atomic mass is 32.2. The van der Waals surface area contributed by atoms with Gasteiger partial charge in [-0.2, -0.15) is 0 Å². The highest BCUT2D eigenvalue weighted by Gasteiger charge is 2.26. The molecule has 0 aliphatic carbocycles. The summed E-state index contributed by atoms with van der Waals surface area (Å²) < 4.78 is 24.2. The minimum Gasteiger partial charge on any atom is -0.481 e. The van der Waals surface area contributed by atoms with E-state index in [0.717, 1.165) is 10.7 Å². The first-order valence-corrected chi connectivity index (χ1v) is 8.48. The van der Waals surface area contributed by atoms with Crippen molar-refractivity contribution in [3.8, 4) is 0 Å². The van der Waals surface area contributed by atoms with Gasteiger partial charge in [0.05, 0.1) is 5.75 Å². The molecule has 0 aromatic rings. The second-order valence-corrected chi connectivity index (χ2v) is 7.67. The van der Waals surface area contributed by atoms with Crippen LogP contribution in [0.1, 0.15) is 19.3 Å². The van der Waals surface area contributed by atoms with E-state index in [-0.39, 0.29) is 30.7 Å². The van der Waals surface area contributed by atoms with Crippen LogP contribution in [0.4, 0.5) is 4.79 Å². The highest BCUT2D eigenvalue weighted by Crippen LogP contribution is 2.20. The average molecular weight is 321 g/mol. The Bertz CT molecular complexity index is 477. The van der Waals surface area contributed by atoms with E-state index in [0.29, 0.717) is 19.5 Å².